The van der Waals surface area contributed by atoms with Gasteiger partial charge in [0.1, 0.15) is 11.3 Å². The third-order valence-corrected chi connectivity index (χ3v) is 5.88. The number of aromatic amines is 2. The second kappa shape index (κ2) is 8.20. The zero-order valence-electron chi connectivity index (χ0n) is 18.9. The van der Waals surface area contributed by atoms with Crippen molar-refractivity contribution in [3.8, 4) is 28.2 Å². The standard InChI is InChI=1S/C25H23N9/c1-3-26-9-16-6-17(11-27-10-16)18-7-20-23(32-33-25(20)29-12-18)21-8-19-22(4-5-28-24(19)31-21)34-13-15(2)30-14-34/h4-8,10-14,26H,3,9H2,1-2H3,(H,28,31)(H,29,32,33). The Labute approximate surface area is 195 Å². The maximum atomic E-state index is 4.61. The highest BCUT2D eigenvalue weighted by molar-refractivity contribution is 5.97. The summed E-state index contributed by atoms with van der Waals surface area (Å²) in [5.74, 6) is 0. The van der Waals surface area contributed by atoms with Gasteiger partial charge in [-0.3, -0.25) is 10.1 Å². The normalized spacial score (nSPS) is 11.6. The summed E-state index contributed by atoms with van der Waals surface area (Å²) in [4.78, 5) is 21.3. The highest BCUT2D eigenvalue weighted by Gasteiger charge is 2.16. The highest BCUT2D eigenvalue weighted by atomic mass is 15.2. The smallest absolute Gasteiger partial charge is 0.155 e. The van der Waals surface area contributed by atoms with E-state index in [1.807, 2.05) is 48.7 Å². The molecule has 0 amide bonds. The number of nitrogens with one attached hydrogen (secondary N) is 3. The molecule has 3 N–H and O–H groups in total. The molecule has 0 radical (unpaired) electrons. The van der Waals surface area contributed by atoms with Crippen molar-refractivity contribution in [1.29, 1.82) is 0 Å². The number of hydrogen-bond acceptors (Lipinski definition) is 6. The molecule has 0 unspecified atom stereocenters. The predicted molar refractivity (Wildman–Crippen MR) is 131 cm³/mol. The Hall–Kier alpha value is -4.37. The summed E-state index contributed by atoms with van der Waals surface area (Å²) in [6, 6.07) is 8.31. The van der Waals surface area contributed by atoms with Crippen LogP contribution >= 0.6 is 0 Å². The first-order chi connectivity index (χ1) is 16.7. The molecule has 0 atom stereocenters. The number of imidazole rings is 1. The van der Waals surface area contributed by atoms with E-state index in [1.165, 1.54) is 0 Å². The molecular weight excluding hydrogens is 426 g/mol. The lowest BCUT2D eigenvalue weighted by Gasteiger charge is -2.05. The number of fused-ring (bicyclic) bond motifs is 2. The summed E-state index contributed by atoms with van der Waals surface area (Å²) in [5.41, 5.74) is 8.31. The summed E-state index contributed by atoms with van der Waals surface area (Å²) in [6.07, 6.45) is 11.2. The van der Waals surface area contributed by atoms with Crippen LogP contribution in [0.15, 0.2) is 61.6 Å². The second-order valence-electron chi connectivity index (χ2n) is 8.25. The fraction of sp³-hybridized carbons (Fsp3) is 0.160. The minimum atomic E-state index is 0.729. The van der Waals surface area contributed by atoms with E-state index in [2.05, 4.69) is 65.6 Å². The average Bonchev–Trinajstić information content (AvgIpc) is 3.59. The molecule has 0 aliphatic rings. The maximum absolute atomic E-state index is 4.61. The minimum absolute atomic E-state index is 0.729. The molecule has 6 aromatic heterocycles. The van der Waals surface area contributed by atoms with Crippen molar-refractivity contribution in [1.82, 2.24) is 45.0 Å². The highest BCUT2D eigenvalue weighted by Crippen LogP contribution is 2.32. The fourth-order valence-electron chi connectivity index (χ4n) is 4.20. The lowest BCUT2D eigenvalue weighted by Crippen LogP contribution is -2.11. The Balaban J connectivity index is 1.44. The summed E-state index contributed by atoms with van der Waals surface area (Å²) >= 11 is 0. The Morgan fingerprint density at radius 2 is 1.88 bits per heavy atom. The van der Waals surface area contributed by atoms with Crippen molar-refractivity contribution >= 4 is 22.1 Å². The average molecular weight is 450 g/mol. The molecule has 9 heteroatoms. The van der Waals surface area contributed by atoms with Gasteiger partial charge in [0.25, 0.3) is 0 Å². The van der Waals surface area contributed by atoms with E-state index in [9.17, 15) is 0 Å². The van der Waals surface area contributed by atoms with Gasteiger partial charge in [0.2, 0.25) is 0 Å². The first kappa shape index (κ1) is 20.3. The molecule has 168 valence electrons. The SMILES string of the molecule is CCNCc1cncc(-c2cnc3[nH]nc(-c4cc5c(-n6cnc(C)c6)ccnc5[nH]4)c3c2)c1. The van der Waals surface area contributed by atoms with E-state index in [1.54, 1.807) is 6.20 Å². The van der Waals surface area contributed by atoms with Gasteiger partial charge in [0, 0.05) is 59.4 Å². The summed E-state index contributed by atoms with van der Waals surface area (Å²) < 4.78 is 2.01. The second-order valence-corrected chi connectivity index (χ2v) is 8.25. The van der Waals surface area contributed by atoms with E-state index < -0.39 is 0 Å². The number of pyridine rings is 3. The molecule has 0 spiro atoms. The summed E-state index contributed by atoms with van der Waals surface area (Å²) in [5, 5.41) is 12.9. The number of nitrogens with zero attached hydrogens (tertiary/aromatic N) is 6. The van der Waals surface area contributed by atoms with E-state index in [4.69, 9.17) is 0 Å². The van der Waals surface area contributed by atoms with Crippen LogP contribution in [0.4, 0.5) is 0 Å². The van der Waals surface area contributed by atoms with Crippen LogP contribution in [0, 0.1) is 6.92 Å². The van der Waals surface area contributed by atoms with Crippen LogP contribution in [0.25, 0.3) is 50.3 Å². The zero-order chi connectivity index (χ0) is 23.1. The summed E-state index contributed by atoms with van der Waals surface area (Å²) in [7, 11) is 0. The van der Waals surface area contributed by atoms with Crippen molar-refractivity contribution in [2.75, 3.05) is 6.54 Å². The molecule has 0 saturated carbocycles. The van der Waals surface area contributed by atoms with Crippen LogP contribution in [0.3, 0.4) is 0 Å². The predicted octanol–water partition coefficient (Wildman–Crippen LogP) is 4.17. The van der Waals surface area contributed by atoms with Crippen molar-refractivity contribution < 1.29 is 0 Å². The molecule has 0 bridgehead atoms. The molecule has 0 aliphatic heterocycles. The third-order valence-electron chi connectivity index (χ3n) is 5.88. The van der Waals surface area contributed by atoms with Gasteiger partial charge in [-0.2, -0.15) is 5.10 Å². The number of hydrogen-bond donors (Lipinski definition) is 3. The molecule has 0 aliphatic carbocycles. The van der Waals surface area contributed by atoms with E-state index in [0.717, 1.165) is 74.6 Å². The van der Waals surface area contributed by atoms with Crippen molar-refractivity contribution in [3.05, 3.63) is 72.8 Å². The van der Waals surface area contributed by atoms with Gasteiger partial charge in [-0.25, -0.2) is 15.0 Å². The molecule has 6 rings (SSSR count). The van der Waals surface area contributed by atoms with Crippen molar-refractivity contribution in [2.45, 2.75) is 20.4 Å². The molecule has 6 heterocycles. The Kier molecular flexibility index (Phi) is 4.88. The fourth-order valence-corrected chi connectivity index (χ4v) is 4.20. The third kappa shape index (κ3) is 3.52. The van der Waals surface area contributed by atoms with E-state index in [0.29, 0.717) is 0 Å². The molecule has 34 heavy (non-hydrogen) atoms. The van der Waals surface area contributed by atoms with Gasteiger partial charge in [0.15, 0.2) is 5.65 Å². The lowest BCUT2D eigenvalue weighted by atomic mass is 10.1. The lowest BCUT2D eigenvalue weighted by molar-refractivity contribution is 0.724. The maximum Gasteiger partial charge on any atom is 0.155 e. The van der Waals surface area contributed by atoms with E-state index >= 15 is 0 Å². The van der Waals surface area contributed by atoms with Crippen LogP contribution in [-0.4, -0.2) is 46.2 Å². The number of aromatic nitrogens is 8. The van der Waals surface area contributed by atoms with Crippen molar-refractivity contribution in [2.24, 2.45) is 0 Å². The largest absolute Gasteiger partial charge is 0.338 e. The molecule has 9 nitrogen and oxygen atoms in total. The van der Waals surface area contributed by atoms with Crippen LogP contribution in [0.2, 0.25) is 0 Å². The molecule has 0 aromatic carbocycles. The van der Waals surface area contributed by atoms with Gasteiger partial charge < -0.3 is 14.9 Å². The molecular formula is C25H23N9. The Bertz CT molecular complexity index is 1620. The van der Waals surface area contributed by atoms with Crippen LogP contribution in [-0.2, 0) is 6.54 Å². The van der Waals surface area contributed by atoms with Crippen molar-refractivity contribution in [3.63, 3.8) is 0 Å². The Morgan fingerprint density at radius 3 is 2.74 bits per heavy atom. The Morgan fingerprint density at radius 1 is 0.971 bits per heavy atom. The quantitative estimate of drug-likeness (QED) is 0.352. The topological polar surface area (TPSA) is 113 Å². The van der Waals surface area contributed by atoms with Crippen LogP contribution < -0.4 is 5.32 Å². The number of rotatable bonds is 6. The first-order valence-corrected chi connectivity index (χ1v) is 11.2. The minimum Gasteiger partial charge on any atom is -0.338 e. The van der Waals surface area contributed by atoms with Gasteiger partial charge in [-0.05, 0) is 43.3 Å². The van der Waals surface area contributed by atoms with Gasteiger partial charge in [-0.15, -0.1) is 0 Å². The monoisotopic (exact) mass is 449 g/mol. The molecule has 6 aromatic rings. The number of aryl methyl sites for hydroxylation is 1. The molecule has 0 fully saturated rings. The zero-order valence-corrected chi connectivity index (χ0v) is 18.9. The molecule has 0 saturated heterocycles. The first-order valence-electron chi connectivity index (χ1n) is 11.2. The van der Waals surface area contributed by atoms with Gasteiger partial charge in [0.05, 0.1) is 23.4 Å². The van der Waals surface area contributed by atoms with E-state index in [-0.39, 0.29) is 0 Å². The van der Waals surface area contributed by atoms with Gasteiger partial charge >= 0.3 is 0 Å². The van der Waals surface area contributed by atoms with Crippen LogP contribution in [0.5, 0.6) is 0 Å². The van der Waals surface area contributed by atoms with Gasteiger partial charge in [-0.1, -0.05) is 6.92 Å². The number of H-pyrrole nitrogens is 2. The van der Waals surface area contributed by atoms with Crippen LogP contribution in [0.1, 0.15) is 18.2 Å². The summed E-state index contributed by atoms with van der Waals surface area (Å²) in [6.45, 7) is 5.76.